The maximum atomic E-state index is 2.55. The molecule has 1 rings (SSSR count). The fourth-order valence-corrected chi connectivity index (χ4v) is 4.35. The molecule has 17 heavy (non-hydrogen) atoms. The largest absolute Gasteiger partial charge is 0.0654 e. The smallest absolute Gasteiger partial charge is 0.0267 e. The maximum absolute atomic E-state index is 2.55. The zero-order chi connectivity index (χ0) is 13.5. The molecule has 102 valence electrons. The first kappa shape index (κ1) is 15.1. The Bertz CT molecular complexity index is 274. The molecule has 0 heterocycles. The Labute approximate surface area is 110 Å². The Morgan fingerprint density at radius 1 is 0.706 bits per heavy atom. The van der Waals surface area contributed by atoms with E-state index in [1.54, 1.807) is 0 Å². The van der Waals surface area contributed by atoms with Gasteiger partial charge in [-0.05, 0) is 40.9 Å². The summed E-state index contributed by atoms with van der Waals surface area (Å²) in [5, 5.41) is 0. The topological polar surface area (TPSA) is 0 Å². The monoisotopic (exact) mass is 238 g/mol. The SMILES string of the molecule is CCCC1(C)CC(C)(C)C(C)(C)CC1(C)CC. The molecule has 0 aromatic heterocycles. The zero-order valence-electron chi connectivity index (χ0n) is 13.5. The van der Waals surface area contributed by atoms with Gasteiger partial charge in [0, 0.05) is 0 Å². The fourth-order valence-electron chi connectivity index (χ4n) is 4.35. The van der Waals surface area contributed by atoms with E-state index < -0.39 is 0 Å². The van der Waals surface area contributed by atoms with Crippen LogP contribution in [0.1, 0.15) is 87.5 Å². The van der Waals surface area contributed by atoms with Crippen LogP contribution in [0.4, 0.5) is 0 Å². The lowest BCUT2D eigenvalue weighted by Gasteiger charge is -2.62. The van der Waals surface area contributed by atoms with Crippen molar-refractivity contribution in [1.29, 1.82) is 0 Å². The first-order valence-corrected chi connectivity index (χ1v) is 7.54. The normalized spacial score (nSPS) is 40.2. The molecule has 1 aliphatic carbocycles. The predicted octanol–water partition coefficient (Wildman–Crippen LogP) is 6.06. The third-order valence-electron chi connectivity index (χ3n) is 6.54. The van der Waals surface area contributed by atoms with Crippen LogP contribution in [0.15, 0.2) is 0 Å². The van der Waals surface area contributed by atoms with Crippen molar-refractivity contribution >= 4 is 0 Å². The quantitative estimate of drug-likeness (QED) is 0.561. The minimum atomic E-state index is 0.463. The summed E-state index contributed by atoms with van der Waals surface area (Å²) in [6.07, 6.45) is 6.79. The average Bonchev–Trinajstić information content (AvgIpc) is 2.14. The zero-order valence-corrected chi connectivity index (χ0v) is 13.5. The minimum absolute atomic E-state index is 0.463. The van der Waals surface area contributed by atoms with E-state index in [0.29, 0.717) is 21.7 Å². The molecule has 1 saturated carbocycles. The summed E-state index contributed by atoms with van der Waals surface area (Å²) in [6.45, 7) is 19.7. The van der Waals surface area contributed by atoms with Crippen LogP contribution in [0, 0.1) is 21.7 Å². The summed E-state index contributed by atoms with van der Waals surface area (Å²) in [7, 11) is 0. The molecule has 1 aliphatic rings. The molecule has 0 heteroatoms. The Hall–Kier alpha value is 0. The van der Waals surface area contributed by atoms with Crippen molar-refractivity contribution in [3.63, 3.8) is 0 Å². The maximum Gasteiger partial charge on any atom is -0.0267 e. The second-order valence-corrected chi connectivity index (χ2v) is 8.35. The van der Waals surface area contributed by atoms with E-state index in [0.717, 1.165) is 0 Å². The Morgan fingerprint density at radius 2 is 1.12 bits per heavy atom. The Kier molecular flexibility index (Phi) is 3.79. The van der Waals surface area contributed by atoms with Gasteiger partial charge < -0.3 is 0 Å². The van der Waals surface area contributed by atoms with E-state index in [-0.39, 0.29) is 0 Å². The van der Waals surface area contributed by atoms with E-state index in [4.69, 9.17) is 0 Å². The first-order valence-electron chi connectivity index (χ1n) is 7.54. The Balaban J connectivity index is 3.14. The molecule has 0 aromatic carbocycles. The van der Waals surface area contributed by atoms with Gasteiger partial charge in [0.25, 0.3) is 0 Å². The van der Waals surface area contributed by atoms with Crippen LogP contribution in [0.2, 0.25) is 0 Å². The Morgan fingerprint density at radius 3 is 1.47 bits per heavy atom. The van der Waals surface area contributed by atoms with Gasteiger partial charge >= 0.3 is 0 Å². The lowest BCUT2D eigenvalue weighted by atomic mass is 9.43. The second kappa shape index (κ2) is 4.28. The second-order valence-electron chi connectivity index (χ2n) is 8.35. The standard InChI is InChI=1S/C17H34/c1-9-11-17(8)13-15(5,6)14(3,4)12-16(17,7)10-2/h9-13H2,1-8H3. The van der Waals surface area contributed by atoms with Crippen molar-refractivity contribution in [1.82, 2.24) is 0 Å². The van der Waals surface area contributed by atoms with Crippen molar-refractivity contribution in [2.45, 2.75) is 87.5 Å². The summed E-state index contributed by atoms with van der Waals surface area (Å²) in [5.41, 5.74) is 1.97. The van der Waals surface area contributed by atoms with Gasteiger partial charge in [0.2, 0.25) is 0 Å². The molecule has 0 N–H and O–H groups in total. The highest BCUT2D eigenvalue weighted by Crippen LogP contribution is 2.65. The van der Waals surface area contributed by atoms with Gasteiger partial charge in [-0.1, -0.05) is 68.2 Å². The van der Waals surface area contributed by atoms with Crippen molar-refractivity contribution in [3.05, 3.63) is 0 Å². The summed E-state index contributed by atoms with van der Waals surface area (Å²) in [6, 6.07) is 0. The van der Waals surface area contributed by atoms with E-state index in [1.807, 2.05) is 0 Å². The van der Waals surface area contributed by atoms with E-state index >= 15 is 0 Å². The first-order chi connectivity index (χ1) is 7.54. The van der Waals surface area contributed by atoms with Gasteiger partial charge in [-0.3, -0.25) is 0 Å². The molecule has 1 fully saturated rings. The average molecular weight is 238 g/mol. The molecular weight excluding hydrogens is 204 g/mol. The molecule has 2 unspecified atom stereocenters. The molecule has 0 aromatic rings. The van der Waals surface area contributed by atoms with Gasteiger partial charge in [0.1, 0.15) is 0 Å². The van der Waals surface area contributed by atoms with E-state index in [2.05, 4.69) is 55.4 Å². The van der Waals surface area contributed by atoms with Crippen molar-refractivity contribution < 1.29 is 0 Å². The van der Waals surface area contributed by atoms with Crippen LogP contribution in [0.5, 0.6) is 0 Å². The number of rotatable bonds is 3. The van der Waals surface area contributed by atoms with Crippen LogP contribution in [-0.4, -0.2) is 0 Å². The van der Waals surface area contributed by atoms with Gasteiger partial charge in [0.15, 0.2) is 0 Å². The van der Waals surface area contributed by atoms with E-state index in [9.17, 15) is 0 Å². The summed E-state index contributed by atoms with van der Waals surface area (Å²) in [5.74, 6) is 0. The lowest BCUT2D eigenvalue weighted by molar-refractivity contribution is -0.124. The molecule has 0 aliphatic heterocycles. The molecule has 0 spiro atoms. The van der Waals surface area contributed by atoms with E-state index in [1.165, 1.54) is 32.1 Å². The van der Waals surface area contributed by atoms with Crippen LogP contribution < -0.4 is 0 Å². The van der Waals surface area contributed by atoms with Gasteiger partial charge in [-0.15, -0.1) is 0 Å². The third kappa shape index (κ3) is 2.29. The van der Waals surface area contributed by atoms with Crippen LogP contribution in [-0.2, 0) is 0 Å². The summed E-state index contributed by atoms with van der Waals surface area (Å²) >= 11 is 0. The van der Waals surface area contributed by atoms with Crippen molar-refractivity contribution in [2.75, 3.05) is 0 Å². The molecule has 0 amide bonds. The number of hydrogen-bond acceptors (Lipinski definition) is 0. The third-order valence-corrected chi connectivity index (χ3v) is 6.54. The van der Waals surface area contributed by atoms with Gasteiger partial charge in [0.05, 0.1) is 0 Å². The van der Waals surface area contributed by atoms with Crippen LogP contribution in [0.25, 0.3) is 0 Å². The minimum Gasteiger partial charge on any atom is -0.0654 e. The van der Waals surface area contributed by atoms with Crippen molar-refractivity contribution in [2.24, 2.45) is 21.7 Å². The highest BCUT2D eigenvalue weighted by Gasteiger charge is 2.56. The van der Waals surface area contributed by atoms with Gasteiger partial charge in [-0.25, -0.2) is 0 Å². The van der Waals surface area contributed by atoms with Crippen molar-refractivity contribution in [3.8, 4) is 0 Å². The van der Waals surface area contributed by atoms with Crippen LogP contribution >= 0.6 is 0 Å². The molecule has 0 saturated heterocycles. The molecule has 2 atom stereocenters. The molecular formula is C17H34. The highest BCUT2D eigenvalue weighted by molar-refractivity contribution is 5.06. The van der Waals surface area contributed by atoms with Gasteiger partial charge in [-0.2, -0.15) is 0 Å². The van der Waals surface area contributed by atoms with Crippen LogP contribution in [0.3, 0.4) is 0 Å². The summed E-state index contributed by atoms with van der Waals surface area (Å²) < 4.78 is 0. The predicted molar refractivity (Wildman–Crippen MR) is 78.2 cm³/mol. The molecule has 0 bridgehead atoms. The number of hydrogen-bond donors (Lipinski definition) is 0. The highest BCUT2D eigenvalue weighted by atomic mass is 14.6. The fraction of sp³-hybridized carbons (Fsp3) is 1.00. The molecule has 0 nitrogen and oxygen atoms in total. The molecule has 0 radical (unpaired) electrons. The summed E-state index contributed by atoms with van der Waals surface area (Å²) in [4.78, 5) is 0. The lowest BCUT2D eigenvalue weighted by Crippen LogP contribution is -2.53.